The van der Waals surface area contributed by atoms with Crippen molar-refractivity contribution in [2.45, 2.75) is 38.2 Å². The van der Waals surface area contributed by atoms with E-state index >= 15 is 0 Å². The Bertz CT molecular complexity index is 1310. The smallest absolute Gasteiger partial charge is 0.337 e. The van der Waals surface area contributed by atoms with Crippen molar-refractivity contribution in [3.05, 3.63) is 119 Å². The normalized spacial score (nSPS) is 12.7. The highest BCUT2D eigenvalue weighted by molar-refractivity contribution is 6.38. The number of amides is 1. The molecule has 0 bridgehead atoms. The quantitative estimate of drug-likeness (QED) is 0.185. The highest BCUT2D eigenvalue weighted by atomic mass is 19.4. The maximum Gasteiger partial charge on any atom is 0.416 e. The van der Waals surface area contributed by atoms with Gasteiger partial charge in [-0.2, -0.15) is 31.4 Å². The van der Waals surface area contributed by atoms with Gasteiger partial charge < -0.3 is 5.32 Å². The first kappa shape index (κ1) is 29.5. The molecular weight excluding hydrogens is 520 g/mol. The molecule has 0 fully saturated rings. The first-order chi connectivity index (χ1) is 18.1. The van der Waals surface area contributed by atoms with E-state index in [2.05, 4.69) is 17.0 Å². The summed E-state index contributed by atoms with van der Waals surface area (Å²) in [5.41, 5.74) is -2.94. The van der Waals surface area contributed by atoms with Crippen molar-refractivity contribution in [2.24, 2.45) is 5.10 Å². The minimum Gasteiger partial charge on any atom is -0.337 e. The number of hydrogen-bond acceptors (Lipinski definition) is 3. The van der Waals surface area contributed by atoms with Crippen LogP contribution in [-0.4, -0.2) is 23.7 Å². The molecule has 0 aromatic heterocycles. The Hall–Kier alpha value is -4.08. The number of hydrogen-bond donors (Lipinski definition) is 1. The lowest BCUT2D eigenvalue weighted by atomic mass is 9.76. The second kappa shape index (κ2) is 11.3. The van der Waals surface area contributed by atoms with Crippen LogP contribution in [0.3, 0.4) is 0 Å². The van der Waals surface area contributed by atoms with E-state index in [4.69, 9.17) is 0 Å². The van der Waals surface area contributed by atoms with E-state index in [-0.39, 0.29) is 23.3 Å². The van der Waals surface area contributed by atoms with Gasteiger partial charge >= 0.3 is 12.4 Å². The zero-order chi connectivity index (χ0) is 29.0. The monoisotopic (exact) mass is 547 g/mol. The van der Waals surface area contributed by atoms with Crippen molar-refractivity contribution in [2.75, 3.05) is 7.05 Å². The summed E-state index contributed by atoms with van der Waals surface area (Å²) >= 11 is 0. The molecule has 3 rings (SSSR count). The molecule has 3 aromatic carbocycles. The van der Waals surface area contributed by atoms with E-state index in [1.807, 2.05) is 0 Å². The van der Waals surface area contributed by atoms with Crippen LogP contribution in [0.5, 0.6) is 0 Å². The zero-order valence-corrected chi connectivity index (χ0v) is 21.5. The summed E-state index contributed by atoms with van der Waals surface area (Å²) in [5, 5.41) is 8.23. The fourth-order valence-corrected chi connectivity index (χ4v) is 4.02. The molecule has 0 saturated heterocycles. The summed E-state index contributed by atoms with van der Waals surface area (Å²) in [6, 6.07) is 16.9. The van der Waals surface area contributed by atoms with Crippen LogP contribution in [0.25, 0.3) is 0 Å². The minimum atomic E-state index is -4.73. The molecule has 206 valence electrons. The third-order valence-electron chi connectivity index (χ3n) is 6.19. The average Bonchev–Trinajstić information content (AvgIpc) is 2.87. The van der Waals surface area contributed by atoms with E-state index in [1.165, 1.54) is 24.1 Å². The Kier molecular flexibility index (Phi) is 8.58. The van der Waals surface area contributed by atoms with Crippen LogP contribution in [0.15, 0.2) is 96.2 Å². The molecule has 0 spiro atoms. The van der Waals surface area contributed by atoms with Crippen molar-refractivity contribution in [3.63, 3.8) is 0 Å². The third-order valence-corrected chi connectivity index (χ3v) is 6.19. The van der Waals surface area contributed by atoms with Gasteiger partial charge in [-0.05, 0) is 54.8 Å². The second-order valence-electron chi connectivity index (χ2n) is 9.12. The largest absolute Gasteiger partial charge is 0.416 e. The lowest BCUT2D eigenvalue weighted by molar-refractivity contribution is -0.138. The van der Waals surface area contributed by atoms with Gasteiger partial charge in [-0.25, -0.2) is 0 Å². The molecule has 0 saturated carbocycles. The molecule has 3 aromatic rings. The Labute approximate surface area is 222 Å². The van der Waals surface area contributed by atoms with Gasteiger partial charge in [0.05, 0.1) is 16.7 Å². The summed E-state index contributed by atoms with van der Waals surface area (Å²) in [6.07, 6.45) is -9.60. The number of nitrogens with one attached hydrogen (secondary N) is 1. The van der Waals surface area contributed by atoms with Gasteiger partial charge in [0.25, 0.3) is 5.91 Å². The number of hydrazone groups is 1. The van der Waals surface area contributed by atoms with E-state index in [1.54, 1.807) is 44.3 Å². The number of nitrogens with zero attached hydrogens (tertiary/aromatic N) is 2. The molecule has 0 aliphatic heterocycles. The fraction of sp³-hybridized carbons (Fsp3) is 0.241. The number of carbonyl (C=O) groups excluding carboxylic acids is 1. The number of halogens is 6. The molecule has 0 radical (unpaired) electrons. The predicted molar refractivity (Wildman–Crippen MR) is 138 cm³/mol. The lowest BCUT2D eigenvalue weighted by Gasteiger charge is -2.37. The van der Waals surface area contributed by atoms with Crippen molar-refractivity contribution in [1.82, 2.24) is 10.3 Å². The van der Waals surface area contributed by atoms with Gasteiger partial charge in [-0.1, -0.05) is 61.2 Å². The molecular formula is C29H27F6N3O. The number of benzene rings is 3. The highest BCUT2D eigenvalue weighted by Crippen LogP contribution is 2.39. The van der Waals surface area contributed by atoms with Crippen LogP contribution >= 0.6 is 0 Å². The summed E-state index contributed by atoms with van der Waals surface area (Å²) in [6.45, 7) is 6.77. The lowest BCUT2D eigenvalue weighted by Crippen LogP contribution is -2.50. The number of allylic oxidation sites excluding steroid dienone is 1. The SMILES string of the molecule is C=C(C)N(C)/N=C(\C)C(=O)NC(Cc1ccccc1)(c1cccc(C(F)(F)F)c1)c1cccc(C(F)(F)F)c1. The highest BCUT2D eigenvalue weighted by Gasteiger charge is 2.41. The Balaban J connectivity index is 2.33. The molecule has 1 N–H and O–H groups in total. The van der Waals surface area contributed by atoms with Crippen molar-refractivity contribution < 1.29 is 31.1 Å². The number of alkyl halides is 6. The fourth-order valence-electron chi connectivity index (χ4n) is 4.02. The van der Waals surface area contributed by atoms with Crippen LogP contribution in [-0.2, 0) is 29.1 Å². The van der Waals surface area contributed by atoms with Gasteiger partial charge in [-0.3, -0.25) is 9.80 Å². The van der Waals surface area contributed by atoms with Gasteiger partial charge in [-0.15, -0.1) is 0 Å². The topological polar surface area (TPSA) is 44.7 Å². The van der Waals surface area contributed by atoms with Crippen LogP contribution < -0.4 is 5.32 Å². The summed E-state index contributed by atoms with van der Waals surface area (Å²) in [7, 11) is 1.55. The summed E-state index contributed by atoms with van der Waals surface area (Å²) in [5.74, 6) is -0.783. The van der Waals surface area contributed by atoms with Gasteiger partial charge in [0.1, 0.15) is 5.71 Å². The van der Waals surface area contributed by atoms with E-state index < -0.39 is 34.9 Å². The molecule has 1 amide bonds. The van der Waals surface area contributed by atoms with Crippen LogP contribution in [0.2, 0.25) is 0 Å². The maximum absolute atomic E-state index is 13.7. The molecule has 10 heteroatoms. The Morgan fingerprint density at radius 2 is 1.26 bits per heavy atom. The van der Waals surface area contributed by atoms with Gasteiger partial charge in [0.15, 0.2) is 0 Å². The molecule has 39 heavy (non-hydrogen) atoms. The van der Waals surface area contributed by atoms with Gasteiger partial charge in [0.2, 0.25) is 0 Å². The molecule has 0 aliphatic rings. The molecule has 0 heterocycles. The summed E-state index contributed by atoms with van der Waals surface area (Å²) in [4.78, 5) is 13.5. The standard InChI is InChI=1S/C29H27F6N3O/c1-19(2)38(4)37-20(3)26(39)36-27(18-21-10-6-5-7-11-21,22-12-8-14-24(16-22)28(30,31)32)23-13-9-15-25(17-23)29(33,34)35/h5-17H,1,18H2,2-4H3,(H,36,39)/b37-20+. The van der Waals surface area contributed by atoms with E-state index in [9.17, 15) is 31.1 Å². The van der Waals surface area contributed by atoms with Crippen molar-refractivity contribution in [3.8, 4) is 0 Å². The Morgan fingerprint density at radius 1 is 0.795 bits per heavy atom. The first-order valence-electron chi connectivity index (χ1n) is 11.8. The minimum absolute atomic E-state index is 0.0464. The van der Waals surface area contributed by atoms with Gasteiger partial charge in [0, 0.05) is 19.2 Å². The van der Waals surface area contributed by atoms with Crippen molar-refractivity contribution >= 4 is 11.6 Å². The number of carbonyl (C=O) groups is 1. The average molecular weight is 548 g/mol. The predicted octanol–water partition coefficient (Wildman–Crippen LogP) is 7.17. The molecule has 0 atom stereocenters. The van der Waals surface area contributed by atoms with Crippen LogP contribution in [0.4, 0.5) is 26.3 Å². The maximum atomic E-state index is 13.7. The second-order valence-corrected chi connectivity index (χ2v) is 9.12. The molecule has 0 aliphatic carbocycles. The third kappa shape index (κ3) is 7.07. The van der Waals surface area contributed by atoms with E-state index in [0.717, 1.165) is 36.4 Å². The summed E-state index contributed by atoms with van der Waals surface area (Å²) < 4.78 is 82.5. The first-order valence-corrected chi connectivity index (χ1v) is 11.8. The Morgan fingerprint density at radius 3 is 1.69 bits per heavy atom. The molecule has 0 unspecified atom stereocenters. The number of rotatable bonds is 8. The van der Waals surface area contributed by atoms with Crippen molar-refractivity contribution in [1.29, 1.82) is 0 Å². The zero-order valence-electron chi connectivity index (χ0n) is 21.5. The van der Waals surface area contributed by atoms with E-state index in [0.29, 0.717) is 11.3 Å². The van der Waals surface area contributed by atoms with Crippen LogP contribution in [0, 0.1) is 0 Å². The van der Waals surface area contributed by atoms with Crippen LogP contribution in [0.1, 0.15) is 41.7 Å². The molecule has 4 nitrogen and oxygen atoms in total.